The van der Waals surface area contributed by atoms with Crippen LogP contribution in [0.25, 0.3) is 0 Å². The zero-order chi connectivity index (χ0) is 21.4. The number of ether oxygens (including phenoxy) is 1. The van der Waals surface area contributed by atoms with Gasteiger partial charge in [0.15, 0.2) is 6.61 Å². The smallest absolute Gasteiger partial charge is 0.261 e. The lowest BCUT2D eigenvalue weighted by Gasteiger charge is -2.29. The number of rotatable bonds is 9. The van der Waals surface area contributed by atoms with Gasteiger partial charge >= 0.3 is 0 Å². The van der Waals surface area contributed by atoms with Crippen molar-refractivity contribution in [3.63, 3.8) is 0 Å². The van der Waals surface area contributed by atoms with Crippen molar-refractivity contribution in [1.29, 1.82) is 0 Å². The molecule has 0 saturated heterocycles. The Labute approximate surface area is 185 Å². The molecule has 1 atom stereocenters. The van der Waals surface area contributed by atoms with Gasteiger partial charge in [-0.05, 0) is 54.8 Å². The minimum Gasteiger partial charge on any atom is -0.484 e. The average Bonchev–Trinajstić information content (AvgIpc) is 2.69. The largest absolute Gasteiger partial charge is 0.484 e. The van der Waals surface area contributed by atoms with Crippen LogP contribution >= 0.6 is 27.5 Å². The van der Waals surface area contributed by atoms with Crippen molar-refractivity contribution in [2.24, 2.45) is 5.92 Å². The molecule has 0 aliphatic carbocycles. The fourth-order valence-corrected chi connectivity index (χ4v) is 3.10. The fourth-order valence-electron chi connectivity index (χ4n) is 2.63. The lowest BCUT2D eigenvalue weighted by Crippen LogP contribution is -2.49. The monoisotopic (exact) mass is 480 g/mol. The van der Waals surface area contributed by atoms with Gasteiger partial charge in [0.1, 0.15) is 11.8 Å². The summed E-state index contributed by atoms with van der Waals surface area (Å²) in [6, 6.07) is 13.8. The van der Waals surface area contributed by atoms with Gasteiger partial charge < -0.3 is 15.0 Å². The molecule has 1 unspecified atom stereocenters. The van der Waals surface area contributed by atoms with Crippen molar-refractivity contribution in [2.45, 2.75) is 33.4 Å². The van der Waals surface area contributed by atoms with Gasteiger partial charge in [-0.1, -0.05) is 53.5 Å². The number of nitrogens with zero attached hydrogens (tertiary/aromatic N) is 1. The van der Waals surface area contributed by atoms with Crippen molar-refractivity contribution in [3.05, 3.63) is 63.6 Å². The summed E-state index contributed by atoms with van der Waals surface area (Å²) in [5.41, 5.74) is 0.845. The molecule has 2 amide bonds. The fraction of sp³-hybridized carbons (Fsp3) is 0.364. The summed E-state index contributed by atoms with van der Waals surface area (Å²) < 4.78 is 6.55. The molecule has 156 valence electrons. The predicted molar refractivity (Wildman–Crippen MR) is 119 cm³/mol. The van der Waals surface area contributed by atoms with Crippen LogP contribution in [0.2, 0.25) is 5.02 Å². The second-order valence-electron chi connectivity index (χ2n) is 7.21. The number of nitrogens with one attached hydrogen (secondary N) is 1. The first kappa shape index (κ1) is 23.2. The van der Waals surface area contributed by atoms with E-state index in [1.54, 1.807) is 31.2 Å². The number of benzene rings is 2. The third-order valence-electron chi connectivity index (χ3n) is 4.27. The Balaban J connectivity index is 2.12. The molecule has 29 heavy (non-hydrogen) atoms. The zero-order valence-electron chi connectivity index (χ0n) is 16.8. The first-order valence-electron chi connectivity index (χ1n) is 9.46. The maximum Gasteiger partial charge on any atom is 0.261 e. The van der Waals surface area contributed by atoms with Crippen LogP contribution in [0.15, 0.2) is 53.0 Å². The molecule has 0 saturated carbocycles. The lowest BCUT2D eigenvalue weighted by atomic mass is 10.1. The molecule has 0 bridgehead atoms. The first-order valence-corrected chi connectivity index (χ1v) is 10.6. The molecular weight excluding hydrogens is 456 g/mol. The van der Waals surface area contributed by atoms with Gasteiger partial charge in [0.25, 0.3) is 5.91 Å². The van der Waals surface area contributed by atoms with Crippen LogP contribution in [-0.4, -0.2) is 35.9 Å². The number of amides is 2. The van der Waals surface area contributed by atoms with Gasteiger partial charge in [-0.25, -0.2) is 0 Å². The molecule has 5 nitrogen and oxygen atoms in total. The molecule has 2 aromatic rings. The maximum atomic E-state index is 12.9. The molecule has 2 rings (SSSR count). The Kier molecular flexibility index (Phi) is 8.99. The van der Waals surface area contributed by atoms with Crippen LogP contribution in [0.3, 0.4) is 0 Å². The summed E-state index contributed by atoms with van der Waals surface area (Å²) in [6.45, 7) is 6.41. The Morgan fingerprint density at radius 3 is 2.45 bits per heavy atom. The predicted octanol–water partition coefficient (Wildman–Crippen LogP) is 4.67. The lowest BCUT2D eigenvalue weighted by molar-refractivity contribution is -0.142. The third kappa shape index (κ3) is 7.71. The summed E-state index contributed by atoms with van der Waals surface area (Å²) in [5, 5.41) is 3.47. The van der Waals surface area contributed by atoms with E-state index in [0.29, 0.717) is 23.2 Å². The maximum absolute atomic E-state index is 12.9. The molecule has 0 aliphatic rings. The van der Waals surface area contributed by atoms with E-state index in [1.165, 1.54) is 4.90 Å². The van der Waals surface area contributed by atoms with E-state index >= 15 is 0 Å². The highest BCUT2D eigenvalue weighted by molar-refractivity contribution is 9.10. The molecule has 2 aromatic carbocycles. The third-order valence-corrected chi connectivity index (χ3v) is 5.03. The number of hydrogen-bond acceptors (Lipinski definition) is 3. The summed E-state index contributed by atoms with van der Waals surface area (Å²) in [6.07, 6.45) is 0. The van der Waals surface area contributed by atoms with E-state index in [-0.39, 0.29) is 25.0 Å². The normalized spacial score (nSPS) is 11.8. The minimum absolute atomic E-state index is 0.163. The summed E-state index contributed by atoms with van der Waals surface area (Å²) >= 11 is 9.44. The van der Waals surface area contributed by atoms with Gasteiger partial charge in [0, 0.05) is 22.6 Å². The van der Waals surface area contributed by atoms with Crippen LogP contribution in [-0.2, 0) is 16.1 Å². The highest BCUT2D eigenvalue weighted by Gasteiger charge is 2.26. The number of hydrogen-bond donors (Lipinski definition) is 1. The highest BCUT2D eigenvalue weighted by atomic mass is 79.9. The van der Waals surface area contributed by atoms with Crippen LogP contribution in [0.4, 0.5) is 0 Å². The van der Waals surface area contributed by atoms with E-state index in [1.807, 2.05) is 38.1 Å². The van der Waals surface area contributed by atoms with E-state index in [9.17, 15) is 9.59 Å². The second kappa shape index (κ2) is 11.2. The molecular formula is C22H26BrClN2O3. The van der Waals surface area contributed by atoms with Crippen molar-refractivity contribution in [1.82, 2.24) is 10.2 Å². The van der Waals surface area contributed by atoms with Crippen LogP contribution in [0, 0.1) is 5.92 Å². The summed E-state index contributed by atoms with van der Waals surface area (Å²) in [7, 11) is 0. The highest BCUT2D eigenvalue weighted by Crippen LogP contribution is 2.18. The molecule has 7 heteroatoms. The Morgan fingerprint density at radius 2 is 1.83 bits per heavy atom. The Morgan fingerprint density at radius 1 is 1.14 bits per heavy atom. The molecule has 0 spiro atoms. The second-order valence-corrected chi connectivity index (χ2v) is 8.56. The van der Waals surface area contributed by atoms with E-state index in [0.717, 1.165) is 10.0 Å². The van der Waals surface area contributed by atoms with E-state index in [4.69, 9.17) is 16.3 Å². The van der Waals surface area contributed by atoms with Crippen LogP contribution in [0.1, 0.15) is 26.3 Å². The van der Waals surface area contributed by atoms with E-state index in [2.05, 4.69) is 21.2 Å². The summed E-state index contributed by atoms with van der Waals surface area (Å²) in [4.78, 5) is 27.0. The SMILES string of the molecule is CC(C)CNC(=O)C(C)N(Cc1cccc(Cl)c1)C(=O)COc1ccc(Br)cc1. The molecule has 1 N–H and O–H groups in total. The summed E-state index contributed by atoms with van der Waals surface area (Å²) in [5.74, 6) is 0.433. The van der Waals surface area contributed by atoms with Crippen LogP contribution < -0.4 is 10.1 Å². The van der Waals surface area contributed by atoms with Gasteiger partial charge in [0.2, 0.25) is 5.91 Å². The number of carbonyl (C=O) groups is 2. The molecule has 0 fully saturated rings. The molecule has 0 radical (unpaired) electrons. The van der Waals surface area contributed by atoms with Crippen molar-refractivity contribution in [3.8, 4) is 5.75 Å². The topological polar surface area (TPSA) is 58.6 Å². The average molecular weight is 482 g/mol. The Hall–Kier alpha value is -2.05. The van der Waals surface area contributed by atoms with Crippen LogP contribution in [0.5, 0.6) is 5.75 Å². The van der Waals surface area contributed by atoms with Gasteiger partial charge in [-0.2, -0.15) is 0 Å². The first-order chi connectivity index (χ1) is 13.8. The minimum atomic E-state index is -0.645. The quantitative estimate of drug-likeness (QED) is 0.566. The van der Waals surface area contributed by atoms with E-state index < -0.39 is 6.04 Å². The van der Waals surface area contributed by atoms with Crippen molar-refractivity contribution >= 4 is 39.3 Å². The number of halogens is 2. The van der Waals surface area contributed by atoms with Crippen molar-refractivity contribution < 1.29 is 14.3 Å². The van der Waals surface area contributed by atoms with Crippen molar-refractivity contribution in [2.75, 3.05) is 13.2 Å². The van der Waals surface area contributed by atoms with Gasteiger partial charge in [-0.3, -0.25) is 9.59 Å². The molecule has 0 heterocycles. The standard InChI is InChI=1S/C22H26BrClN2O3/c1-15(2)12-25-22(28)16(3)26(13-17-5-4-6-19(24)11-17)21(27)14-29-20-9-7-18(23)8-10-20/h4-11,15-16H,12-14H2,1-3H3,(H,25,28). The zero-order valence-corrected chi connectivity index (χ0v) is 19.2. The van der Waals surface area contributed by atoms with Gasteiger partial charge in [0.05, 0.1) is 0 Å². The van der Waals surface area contributed by atoms with Gasteiger partial charge in [-0.15, -0.1) is 0 Å². The molecule has 0 aromatic heterocycles. The number of carbonyl (C=O) groups excluding carboxylic acids is 2. The Bertz CT molecular complexity index is 827. The molecule has 0 aliphatic heterocycles.